The van der Waals surface area contributed by atoms with E-state index in [4.69, 9.17) is 14.1 Å². The summed E-state index contributed by atoms with van der Waals surface area (Å²) >= 11 is 1.70. The number of nitrogens with zero attached hydrogens (tertiary/aromatic N) is 2. The minimum Gasteiger partial charge on any atom is -0.469 e. The molecule has 2 aromatic rings. The van der Waals surface area contributed by atoms with Crippen molar-refractivity contribution < 1.29 is 9.15 Å². The lowest BCUT2D eigenvalue weighted by atomic mass is 10.3. The molecule has 25 heavy (non-hydrogen) atoms. The van der Waals surface area contributed by atoms with Crippen molar-refractivity contribution in [3.63, 3.8) is 0 Å². The van der Waals surface area contributed by atoms with Gasteiger partial charge in [0.15, 0.2) is 5.96 Å². The van der Waals surface area contributed by atoms with Crippen LogP contribution in [0, 0.1) is 0 Å². The van der Waals surface area contributed by atoms with Crippen LogP contribution in [-0.4, -0.2) is 56.8 Å². The van der Waals surface area contributed by atoms with Gasteiger partial charge in [-0.15, -0.1) is 0 Å². The number of rotatable bonds is 8. The molecule has 136 valence electrons. The molecule has 2 aromatic heterocycles. The maximum absolute atomic E-state index is 5.39. The predicted molar refractivity (Wildman–Crippen MR) is 101 cm³/mol. The molecule has 1 aliphatic rings. The van der Waals surface area contributed by atoms with Gasteiger partial charge in [-0.2, -0.15) is 11.3 Å². The number of ether oxygens (including phenoxy) is 1. The molecule has 2 N–H and O–H groups in total. The molecule has 1 aliphatic heterocycles. The van der Waals surface area contributed by atoms with Crippen molar-refractivity contribution in [2.75, 3.05) is 45.9 Å². The van der Waals surface area contributed by atoms with E-state index in [9.17, 15) is 0 Å². The van der Waals surface area contributed by atoms with Gasteiger partial charge in [-0.05, 0) is 34.5 Å². The van der Waals surface area contributed by atoms with Crippen LogP contribution >= 0.6 is 11.3 Å². The minimum atomic E-state index is 0.692. The Kier molecular flexibility index (Phi) is 7.35. The van der Waals surface area contributed by atoms with Gasteiger partial charge in [-0.25, -0.2) is 4.99 Å². The van der Waals surface area contributed by atoms with Crippen molar-refractivity contribution in [3.8, 4) is 0 Å². The quantitative estimate of drug-likeness (QED) is 0.555. The van der Waals surface area contributed by atoms with E-state index in [2.05, 4.69) is 32.4 Å². The van der Waals surface area contributed by atoms with E-state index in [1.807, 2.05) is 12.1 Å². The Morgan fingerprint density at radius 2 is 2.08 bits per heavy atom. The summed E-state index contributed by atoms with van der Waals surface area (Å²) in [5, 5.41) is 11.1. The number of furan rings is 1. The fourth-order valence-electron chi connectivity index (χ4n) is 2.64. The molecule has 7 heteroatoms. The summed E-state index contributed by atoms with van der Waals surface area (Å²) in [4.78, 5) is 7.11. The van der Waals surface area contributed by atoms with Crippen molar-refractivity contribution in [1.29, 1.82) is 0 Å². The van der Waals surface area contributed by atoms with E-state index in [0.29, 0.717) is 6.54 Å². The number of thiophene rings is 1. The molecular weight excluding hydrogens is 336 g/mol. The first-order valence-electron chi connectivity index (χ1n) is 8.76. The summed E-state index contributed by atoms with van der Waals surface area (Å²) in [5.74, 6) is 1.84. The summed E-state index contributed by atoms with van der Waals surface area (Å²) in [6.45, 7) is 7.04. The predicted octanol–water partition coefficient (Wildman–Crippen LogP) is 1.95. The fraction of sp³-hybridized carbons (Fsp3) is 0.500. The van der Waals surface area contributed by atoms with Gasteiger partial charge in [-0.3, -0.25) is 4.90 Å². The van der Waals surface area contributed by atoms with Gasteiger partial charge in [0.2, 0.25) is 0 Å². The molecule has 0 aliphatic carbocycles. The zero-order chi connectivity index (χ0) is 17.2. The van der Waals surface area contributed by atoms with Gasteiger partial charge < -0.3 is 19.8 Å². The number of guanidine groups is 1. The molecule has 3 rings (SSSR count). The summed E-state index contributed by atoms with van der Waals surface area (Å²) in [6.07, 6.45) is 2.55. The molecule has 0 saturated carbocycles. The molecule has 1 saturated heterocycles. The van der Waals surface area contributed by atoms with Crippen LogP contribution in [0.2, 0.25) is 0 Å². The average molecular weight is 362 g/mol. The van der Waals surface area contributed by atoms with Gasteiger partial charge in [0.1, 0.15) is 5.76 Å². The van der Waals surface area contributed by atoms with Crippen molar-refractivity contribution >= 4 is 17.3 Å². The van der Waals surface area contributed by atoms with E-state index in [-0.39, 0.29) is 0 Å². The van der Waals surface area contributed by atoms with Crippen molar-refractivity contribution in [2.45, 2.75) is 13.0 Å². The number of morpholine rings is 1. The van der Waals surface area contributed by atoms with Crippen LogP contribution in [0.15, 0.2) is 44.6 Å². The topological polar surface area (TPSA) is 62.0 Å². The zero-order valence-corrected chi connectivity index (χ0v) is 15.3. The Morgan fingerprint density at radius 3 is 2.84 bits per heavy atom. The lowest BCUT2D eigenvalue weighted by Crippen LogP contribution is -2.44. The lowest BCUT2D eigenvalue weighted by Gasteiger charge is -2.26. The van der Waals surface area contributed by atoms with Crippen LogP contribution in [0.4, 0.5) is 0 Å². The van der Waals surface area contributed by atoms with Crippen LogP contribution in [0.5, 0.6) is 0 Å². The van der Waals surface area contributed by atoms with Gasteiger partial charge >= 0.3 is 0 Å². The molecule has 1 fully saturated rings. The van der Waals surface area contributed by atoms with Gasteiger partial charge in [-0.1, -0.05) is 0 Å². The van der Waals surface area contributed by atoms with Gasteiger partial charge in [0, 0.05) is 39.1 Å². The Labute approximate surface area is 152 Å². The maximum atomic E-state index is 5.39. The highest BCUT2D eigenvalue weighted by Crippen LogP contribution is 2.06. The normalized spacial score (nSPS) is 16.1. The first-order valence-corrected chi connectivity index (χ1v) is 9.70. The summed E-state index contributed by atoms with van der Waals surface area (Å²) in [5.41, 5.74) is 1.24. The first kappa shape index (κ1) is 18.0. The highest BCUT2D eigenvalue weighted by atomic mass is 32.1. The summed E-state index contributed by atoms with van der Waals surface area (Å²) in [7, 11) is 0. The standard InChI is InChI=1S/C18H26N4O2S/c1-2-17(24-10-1)3-5-19-18(21-14-16-4-13-25-15-16)20-6-7-22-8-11-23-12-9-22/h1-2,4,10,13,15H,3,5-9,11-12,14H2,(H2,19,20,21). The zero-order valence-electron chi connectivity index (χ0n) is 14.4. The smallest absolute Gasteiger partial charge is 0.191 e. The monoisotopic (exact) mass is 362 g/mol. The first-order chi connectivity index (χ1) is 12.4. The molecule has 0 aromatic carbocycles. The maximum Gasteiger partial charge on any atom is 0.191 e. The molecule has 0 atom stereocenters. The molecular formula is C18H26N4O2S. The Morgan fingerprint density at radius 1 is 1.20 bits per heavy atom. The van der Waals surface area contributed by atoms with Crippen LogP contribution in [0.1, 0.15) is 11.3 Å². The largest absolute Gasteiger partial charge is 0.469 e. The minimum absolute atomic E-state index is 0.692. The SMILES string of the molecule is c1coc(CCNC(=NCc2ccsc2)NCCN2CCOCC2)c1. The molecule has 3 heterocycles. The Balaban J connectivity index is 1.45. The molecule has 0 bridgehead atoms. The van der Waals surface area contributed by atoms with E-state index < -0.39 is 0 Å². The Hall–Kier alpha value is -1.83. The van der Waals surface area contributed by atoms with Gasteiger partial charge in [0.25, 0.3) is 0 Å². The number of nitrogens with one attached hydrogen (secondary N) is 2. The second-order valence-electron chi connectivity index (χ2n) is 5.93. The molecule has 0 unspecified atom stereocenters. The van der Waals surface area contributed by atoms with Gasteiger partial charge in [0.05, 0.1) is 26.0 Å². The second-order valence-corrected chi connectivity index (χ2v) is 6.71. The fourth-order valence-corrected chi connectivity index (χ4v) is 3.30. The highest BCUT2D eigenvalue weighted by molar-refractivity contribution is 7.07. The number of hydrogen-bond acceptors (Lipinski definition) is 5. The van der Waals surface area contributed by atoms with Crippen LogP contribution < -0.4 is 10.6 Å². The third kappa shape index (κ3) is 6.53. The van der Waals surface area contributed by atoms with E-state index in [1.165, 1.54) is 5.56 Å². The van der Waals surface area contributed by atoms with Crippen molar-refractivity contribution in [2.24, 2.45) is 4.99 Å². The summed E-state index contributed by atoms with van der Waals surface area (Å²) < 4.78 is 10.8. The van der Waals surface area contributed by atoms with Crippen molar-refractivity contribution in [3.05, 3.63) is 46.5 Å². The molecule has 0 amide bonds. The molecule has 0 spiro atoms. The van der Waals surface area contributed by atoms with E-state index >= 15 is 0 Å². The van der Waals surface area contributed by atoms with Crippen LogP contribution in [0.3, 0.4) is 0 Å². The summed E-state index contributed by atoms with van der Waals surface area (Å²) in [6, 6.07) is 6.03. The van der Waals surface area contributed by atoms with Crippen LogP contribution in [-0.2, 0) is 17.7 Å². The lowest BCUT2D eigenvalue weighted by molar-refractivity contribution is 0.0389. The third-order valence-electron chi connectivity index (χ3n) is 4.07. The number of aliphatic imine (C=N–C) groups is 1. The molecule has 0 radical (unpaired) electrons. The second kappa shape index (κ2) is 10.2. The van der Waals surface area contributed by atoms with Crippen LogP contribution in [0.25, 0.3) is 0 Å². The van der Waals surface area contributed by atoms with Crippen molar-refractivity contribution in [1.82, 2.24) is 15.5 Å². The number of hydrogen-bond donors (Lipinski definition) is 2. The molecule has 6 nitrogen and oxygen atoms in total. The van der Waals surface area contributed by atoms with E-state index in [1.54, 1.807) is 17.6 Å². The van der Waals surface area contributed by atoms with E-state index in [0.717, 1.165) is 64.1 Å². The highest BCUT2D eigenvalue weighted by Gasteiger charge is 2.09. The average Bonchev–Trinajstić information content (AvgIpc) is 3.34. The third-order valence-corrected chi connectivity index (χ3v) is 4.80. The Bertz CT molecular complexity index is 607.